The molecule has 0 amide bonds. The lowest BCUT2D eigenvalue weighted by atomic mass is 9.43. The number of aromatic nitrogens is 2. The largest absolute Gasteiger partial charge is 0.515 e. The number of Topliss-reactive ketones (excluding diaryl/α,β-unsaturated/α-hetero) is 4. The van der Waals surface area contributed by atoms with Gasteiger partial charge in [-0.25, -0.2) is 4.85 Å². The number of ether oxygens (including phenoxy) is 2. The van der Waals surface area contributed by atoms with Gasteiger partial charge in [0.1, 0.15) is 23.4 Å². The Morgan fingerprint density at radius 1 is 0.429 bits per heavy atom. The Morgan fingerprint density at radius 2 is 0.886 bits per heavy atom. The molecule has 0 bridgehead atoms. The molecule has 2 aromatic heterocycles. The zero-order valence-corrected chi connectivity index (χ0v) is 88.4. The summed E-state index contributed by atoms with van der Waals surface area (Å²) in [4.78, 5) is 90.4. The number of nitrogens with zero attached hydrogens (tertiary/aromatic N) is 4. The Bertz CT molecular complexity index is 6270. The summed E-state index contributed by atoms with van der Waals surface area (Å²) in [6.45, 7) is 47.6. The first-order chi connectivity index (χ1) is 65.3. The molecule has 140 heavy (non-hydrogen) atoms. The van der Waals surface area contributed by atoms with Crippen LogP contribution >= 0.6 is 24.0 Å². The van der Waals surface area contributed by atoms with Crippen LogP contribution in [0.2, 0.25) is 0 Å². The number of aliphatic hydroxyl groups is 2. The molecule has 18 atom stereocenters. The maximum Gasteiger partial charge on any atom is 0.226 e. The van der Waals surface area contributed by atoms with Gasteiger partial charge in [-0.1, -0.05) is 189 Å². The lowest BCUT2D eigenvalue weighted by Crippen LogP contribution is -2.61. The Hall–Kier alpha value is -9.90. The average Bonchev–Trinajstić information content (AvgIpc) is 1.58. The van der Waals surface area contributed by atoms with E-state index in [9.17, 15) is 49.0 Å². The molecule has 0 aromatic carbocycles. The number of halogens is 1. The van der Waals surface area contributed by atoms with E-state index < -0.39 is 32.5 Å². The maximum atomic E-state index is 12.8. The topological polar surface area (TPSA) is 259 Å². The Labute approximate surface area is 849 Å². The van der Waals surface area contributed by atoms with Crippen LogP contribution in [0.25, 0.3) is 10.9 Å². The average molecular weight is 2000 g/mol. The van der Waals surface area contributed by atoms with Crippen molar-refractivity contribution in [1.29, 1.82) is 5.26 Å². The number of carbonyl (C=O) groups is 7. The van der Waals surface area contributed by atoms with Crippen molar-refractivity contribution in [2.24, 2.45) is 128 Å². The van der Waals surface area contributed by atoms with E-state index in [1.807, 2.05) is 66.1 Å². The van der Waals surface area contributed by atoms with Gasteiger partial charge < -0.3 is 33.5 Å². The lowest BCUT2D eigenvalue weighted by Gasteiger charge is -2.64. The number of allylic oxidation sites excluding steroid dienone is 17. The normalized spacial score (nSPS) is 39.4. The van der Waals surface area contributed by atoms with Gasteiger partial charge in [0.2, 0.25) is 5.70 Å². The minimum Gasteiger partial charge on any atom is -0.515 e. The smallest absolute Gasteiger partial charge is 0.226 e. The Kier molecular flexibility index (Phi) is 26.7. The minimum absolute atomic E-state index is 0. The lowest BCUT2D eigenvalue weighted by molar-refractivity contribution is -0.284. The second-order valence-electron chi connectivity index (χ2n) is 49.6. The molecule has 0 unspecified atom stereocenters. The van der Waals surface area contributed by atoms with Crippen molar-refractivity contribution in [3.05, 3.63) is 157 Å². The predicted molar refractivity (Wildman–Crippen MR) is 552 cm³/mol. The molecule has 11 fully saturated rings. The number of hydrogen-bond acceptors (Lipinski definition) is 16. The summed E-state index contributed by atoms with van der Waals surface area (Å²) in [5, 5.41) is 36.3. The van der Waals surface area contributed by atoms with Crippen LogP contribution in [0.3, 0.4) is 0 Å². The van der Waals surface area contributed by atoms with Crippen LogP contribution in [0.5, 0.6) is 0 Å². The maximum absolute atomic E-state index is 12.8. The molecule has 738 valence electrons. The van der Waals surface area contributed by atoms with Crippen molar-refractivity contribution >= 4 is 70.5 Å². The van der Waals surface area contributed by atoms with Gasteiger partial charge >= 0.3 is 0 Å². The highest BCUT2D eigenvalue weighted by molar-refractivity contribution is 14.0. The zero-order chi connectivity index (χ0) is 101. The fourth-order valence-corrected chi connectivity index (χ4v) is 33.9. The van der Waals surface area contributed by atoms with Gasteiger partial charge in [-0.3, -0.25) is 28.8 Å². The van der Waals surface area contributed by atoms with Crippen molar-refractivity contribution < 1.29 is 62.3 Å². The van der Waals surface area contributed by atoms with Crippen LogP contribution in [-0.4, -0.2) is 80.0 Å². The summed E-state index contributed by atoms with van der Waals surface area (Å²) in [7, 11) is 0. The van der Waals surface area contributed by atoms with E-state index in [2.05, 4.69) is 152 Å². The number of terminal acetylenes is 6. The second kappa shape index (κ2) is 35.8. The SMILES string of the molecule is C#C[C@@]12CC[C@H]3C(C)(C)C(=O)/C(=C\O)C[C@]3(C)C1=CC(=O)/C(=C\O)C2.C#C[C@@]12CC[C@H]3C(C)(C)c4oncc4C[C@]3(C)C1=Cc1oncc1C2.C#C[C@]12CCC(=O)C=C1[C@@]1(C)CCC(=O)C(C)(C)[C@@H]1CC2.C#C[C@]12CCCC=C1[C@@]1(C)CCC(=O)C(C)(C)[C@@H]1CC2.C#C[C@]12CCCC=C1[C@@]1(C)CCC3(OCCO3)C(C)(C)[C@@H]1CC2.I.[C-]#[N+]C1=C[C@]2(C)C3=CC(=O)C(C#N)=C[C@]3(C#C)CC[C@H]2C(C)(C)C1=O. The first-order valence-corrected chi connectivity index (χ1v) is 51.3. The molecular weight excluding hydrogens is 1860 g/mol. The van der Waals surface area contributed by atoms with Crippen molar-refractivity contribution in [1.82, 2.24) is 10.3 Å². The molecule has 1 saturated heterocycles. The summed E-state index contributed by atoms with van der Waals surface area (Å²) < 4.78 is 23.6. The quantitative estimate of drug-likeness (QED) is 0.0620. The van der Waals surface area contributed by atoms with Crippen LogP contribution in [0.1, 0.15) is 327 Å². The molecule has 18 aliphatic carbocycles. The van der Waals surface area contributed by atoms with Crippen LogP contribution in [0.4, 0.5) is 0 Å². The number of rotatable bonds is 0. The number of carbonyl (C=O) groups excluding carboxylic acids is 7. The molecule has 3 heterocycles. The van der Waals surface area contributed by atoms with E-state index in [1.165, 1.54) is 54.9 Å². The number of aliphatic hydroxyl groups excluding tert-OH is 2. The minimum atomic E-state index is -0.815. The number of ketones is 7. The van der Waals surface area contributed by atoms with Crippen molar-refractivity contribution in [2.75, 3.05) is 13.2 Å². The van der Waals surface area contributed by atoms with E-state index >= 15 is 0 Å². The second-order valence-corrected chi connectivity index (χ2v) is 49.6. The van der Waals surface area contributed by atoms with Crippen LogP contribution < -0.4 is 0 Å². The number of nitriles is 1. The standard InChI is InChI=1S/C21H22N2O2.C21H18N2O2.C21H24O4.C21H30O2.C19H24O2.C19H26O.HI/c1-5-21-7-6-16-19(2,3)18-14(12-23-25-18)9-20(16,4)17(21)8-15-13(10-21)11-22-24-15;1-6-21-8-7-16-19(2,3)18(25)14(23-5)11-20(16,4)17(21)9-15(24)13(10-21)12-22;1-5-21-7-6-16-19(2,3)18(25)14(12-23)9-20(16,4)17(21)8-15(24)13(10-21)11-22;1-5-20-10-7-6-8-17(20)19(4)12-13-21(22-14-15-23-21)18(2,3)16(19)9-11-20;1-5-19-10-6-13(20)12-15(19)18(4)9-8-16(21)17(2,3)14(18)7-11-19;1-5-19-11-7-6-8-15(19)18(4)12-10-16(20)17(2,3)14(18)9-13-19;/h1,8,11-12,16H,6-7,9-10H2,2-4H3;1,9-11,16H,7-8H2,2-4H3;1,8,11-12,16,22-23H,6-7,9-10H2,2-4H3;1,8,16H,6-7,9-15H2,2-4H3;1,12,14H,6-11H2,2-4H3;1,8,14H,6-7,9-13H2,2-4H3;1H/b;;13-11-,14-12-;;;;/t3*16-,20-,21-;16-,19-,20+;2*14-,18-,19+;/m000000./s1. The van der Waals surface area contributed by atoms with E-state index in [0.717, 1.165) is 175 Å². The van der Waals surface area contributed by atoms with E-state index in [0.29, 0.717) is 91.3 Å². The molecule has 19 aliphatic rings. The number of hydrogen-bond donors (Lipinski definition) is 2. The molecule has 17 nitrogen and oxygen atoms in total. The summed E-state index contributed by atoms with van der Waals surface area (Å²) >= 11 is 0. The third-order valence-corrected chi connectivity index (χ3v) is 41.1. The monoisotopic (exact) mass is 2000 g/mol. The summed E-state index contributed by atoms with van der Waals surface area (Å²) in [6, 6.07) is 1.93. The van der Waals surface area contributed by atoms with E-state index in [4.69, 9.17) is 63.6 Å². The molecular formula is C122H145IN4O13. The first kappa shape index (κ1) is 104. The molecule has 21 rings (SSSR count). The van der Waals surface area contributed by atoms with E-state index in [1.54, 1.807) is 23.8 Å². The van der Waals surface area contributed by atoms with Crippen molar-refractivity contribution in [3.8, 4) is 80.1 Å². The van der Waals surface area contributed by atoms with Crippen molar-refractivity contribution in [3.63, 3.8) is 0 Å². The molecule has 2 aromatic rings. The van der Waals surface area contributed by atoms with Gasteiger partial charge in [-0.05, 0) is 293 Å². The highest BCUT2D eigenvalue weighted by atomic mass is 127. The molecule has 2 N–H and O–H groups in total. The Balaban J connectivity index is 0.000000127. The first-order valence-electron chi connectivity index (χ1n) is 51.3. The van der Waals surface area contributed by atoms with Gasteiger partial charge in [-0.15, -0.1) is 62.5 Å². The summed E-state index contributed by atoms with van der Waals surface area (Å²) in [5.74, 6) is 21.8. The summed E-state index contributed by atoms with van der Waals surface area (Å²) in [5.41, 5.74) is 5.68. The molecule has 18 heteroatoms. The predicted octanol–water partition coefficient (Wildman–Crippen LogP) is 24.9. The van der Waals surface area contributed by atoms with E-state index in [-0.39, 0.29) is 147 Å². The van der Waals surface area contributed by atoms with Gasteiger partial charge in [0.15, 0.2) is 40.5 Å². The Morgan fingerprint density at radius 3 is 1.42 bits per heavy atom. The third kappa shape index (κ3) is 15.4. The zero-order valence-electron chi connectivity index (χ0n) is 86.1. The molecule has 0 radical (unpaired) electrons. The van der Waals surface area contributed by atoms with Crippen molar-refractivity contribution in [2.45, 2.75) is 328 Å². The van der Waals surface area contributed by atoms with Crippen LogP contribution in [0, 0.1) is 220 Å². The third-order valence-electron chi connectivity index (χ3n) is 41.1. The van der Waals surface area contributed by atoms with Gasteiger partial charge in [0, 0.05) is 85.9 Å². The van der Waals surface area contributed by atoms with Gasteiger partial charge in [0.05, 0.1) is 82.8 Å². The highest BCUT2D eigenvalue weighted by Gasteiger charge is 2.70. The molecule has 1 aliphatic heterocycles. The highest BCUT2D eigenvalue weighted by Crippen LogP contribution is 2.74. The number of fused-ring (bicyclic) bond motifs is 20. The molecule has 1 spiro atoms. The van der Waals surface area contributed by atoms with Crippen LogP contribution in [0.15, 0.2) is 132 Å². The van der Waals surface area contributed by atoms with Crippen LogP contribution in [-0.2, 0) is 61.3 Å². The van der Waals surface area contributed by atoms with Gasteiger partial charge in [0.25, 0.3) is 0 Å². The molecule has 10 saturated carbocycles. The van der Waals surface area contributed by atoms with Gasteiger partial charge in [-0.2, -0.15) is 5.26 Å². The fourth-order valence-electron chi connectivity index (χ4n) is 33.9. The fraction of sp³-hybridized carbons (Fsp3) is 0.615. The summed E-state index contributed by atoms with van der Waals surface area (Å²) in [6.07, 6.45) is 84.0.